The summed E-state index contributed by atoms with van der Waals surface area (Å²) in [6, 6.07) is 8.75. The highest BCUT2D eigenvalue weighted by atomic mass is 16.3. The molecule has 0 bridgehead atoms. The van der Waals surface area contributed by atoms with Crippen LogP contribution in [0.4, 0.5) is 5.69 Å². The minimum Gasteiger partial charge on any atom is -0.390 e. The van der Waals surface area contributed by atoms with Crippen molar-refractivity contribution in [2.24, 2.45) is 0 Å². The van der Waals surface area contributed by atoms with Gasteiger partial charge in [0.1, 0.15) is 0 Å². The minimum absolute atomic E-state index is 0.344. The van der Waals surface area contributed by atoms with Crippen LogP contribution in [0.1, 0.15) is 19.4 Å². The molecule has 0 spiro atoms. The number of nitrogens with zero attached hydrogens (tertiary/aromatic N) is 1. The van der Waals surface area contributed by atoms with E-state index < -0.39 is 0 Å². The number of benzene rings is 1. The SMILES string of the molecule is Cc1ccc(N(C)CC(O)CNC(C)C)cc1. The van der Waals surface area contributed by atoms with Crippen molar-refractivity contribution in [3.63, 3.8) is 0 Å². The number of anilines is 1. The second-order valence-electron chi connectivity index (χ2n) is 4.93. The number of hydrogen-bond donors (Lipinski definition) is 2. The van der Waals surface area contributed by atoms with E-state index in [1.54, 1.807) is 0 Å². The van der Waals surface area contributed by atoms with Gasteiger partial charge >= 0.3 is 0 Å². The first-order valence-corrected chi connectivity index (χ1v) is 6.18. The van der Waals surface area contributed by atoms with Gasteiger partial charge in [-0.25, -0.2) is 0 Å². The van der Waals surface area contributed by atoms with Crippen molar-refractivity contribution >= 4 is 5.69 Å². The first kappa shape index (κ1) is 14.0. The van der Waals surface area contributed by atoms with Crippen LogP contribution in [0.2, 0.25) is 0 Å². The van der Waals surface area contributed by atoms with Gasteiger partial charge in [0.2, 0.25) is 0 Å². The first-order valence-electron chi connectivity index (χ1n) is 6.18. The Labute approximate surface area is 104 Å². The molecule has 17 heavy (non-hydrogen) atoms. The van der Waals surface area contributed by atoms with Crippen molar-refractivity contribution in [1.29, 1.82) is 0 Å². The molecule has 3 nitrogen and oxygen atoms in total. The predicted molar refractivity (Wildman–Crippen MR) is 73.6 cm³/mol. The van der Waals surface area contributed by atoms with Crippen molar-refractivity contribution in [3.05, 3.63) is 29.8 Å². The van der Waals surface area contributed by atoms with E-state index in [0.29, 0.717) is 19.1 Å². The van der Waals surface area contributed by atoms with Crippen molar-refractivity contribution < 1.29 is 5.11 Å². The fourth-order valence-corrected chi connectivity index (χ4v) is 1.66. The highest BCUT2D eigenvalue weighted by molar-refractivity contribution is 5.46. The van der Waals surface area contributed by atoms with Gasteiger partial charge in [-0.1, -0.05) is 31.5 Å². The molecule has 0 saturated heterocycles. The Balaban J connectivity index is 2.42. The standard InChI is InChI=1S/C14H24N2O/c1-11(2)15-9-14(17)10-16(4)13-7-5-12(3)6-8-13/h5-8,11,14-15,17H,9-10H2,1-4H3. The van der Waals surface area contributed by atoms with E-state index in [-0.39, 0.29) is 6.10 Å². The van der Waals surface area contributed by atoms with Crippen LogP contribution in [0.3, 0.4) is 0 Å². The Morgan fingerprint density at radius 3 is 2.35 bits per heavy atom. The summed E-state index contributed by atoms with van der Waals surface area (Å²) in [5, 5.41) is 13.1. The number of nitrogens with one attached hydrogen (secondary N) is 1. The Morgan fingerprint density at radius 1 is 1.24 bits per heavy atom. The molecule has 0 saturated carbocycles. The summed E-state index contributed by atoms with van der Waals surface area (Å²) in [5.74, 6) is 0. The number of aryl methyl sites for hydroxylation is 1. The van der Waals surface area contributed by atoms with E-state index in [1.807, 2.05) is 7.05 Å². The third-order valence-corrected chi connectivity index (χ3v) is 2.72. The molecule has 0 aliphatic rings. The lowest BCUT2D eigenvalue weighted by atomic mass is 10.2. The van der Waals surface area contributed by atoms with Gasteiger partial charge in [-0.15, -0.1) is 0 Å². The minimum atomic E-state index is -0.344. The zero-order valence-corrected chi connectivity index (χ0v) is 11.3. The monoisotopic (exact) mass is 236 g/mol. The third-order valence-electron chi connectivity index (χ3n) is 2.72. The molecule has 0 aliphatic heterocycles. The first-order chi connectivity index (χ1) is 7.99. The maximum atomic E-state index is 9.88. The third kappa shape index (κ3) is 5.20. The quantitative estimate of drug-likeness (QED) is 0.790. The van der Waals surface area contributed by atoms with E-state index in [9.17, 15) is 5.11 Å². The van der Waals surface area contributed by atoms with Gasteiger partial charge in [0.05, 0.1) is 6.10 Å². The summed E-state index contributed by atoms with van der Waals surface area (Å²) >= 11 is 0. The van der Waals surface area contributed by atoms with Gasteiger partial charge < -0.3 is 15.3 Å². The Hall–Kier alpha value is -1.06. The molecule has 0 fully saturated rings. The van der Waals surface area contributed by atoms with Crippen LogP contribution in [0.15, 0.2) is 24.3 Å². The number of rotatable bonds is 6. The Morgan fingerprint density at radius 2 is 1.82 bits per heavy atom. The summed E-state index contributed by atoms with van der Waals surface area (Å²) in [7, 11) is 2.00. The van der Waals surface area contributed by atoms with Gasteiger partial charge in [-0.2, -0.15) is 0 Å². The highest BCUT2D eigenvalue weighted by Crippen LogP contribution is 2.13. The van der Waals surface area contributed by atoms with Gasteiger partial charge in [-0.05, 0) is 19.1 Å². The summed E-state index contributed by atoms with van der Waals surface area (Å²) in [4.78, 5) is 2.08. The second kappa shape index (κ2) is 6.62. The molecule has 0 radical (unpaired) electrons. The fourth-order valence-electron chi connectivity index (χ4n) is 1.66. The summed E-state index contributed by atoms with van der Waals surface area (Å²) in [6.07, 6.45) is -0.344. The largest absolute Gasteiger partial charge is 0.390 e. The van der Waals surface area contributed by atoms with Gasteiger partial charge in [-0.3, -0.25) is 0 Å². The molecule has 0 amide bonds. The molecular weight excluding hydrogens is 212 g/mol. The van der Waals surface area contributed by atoms with Crippen molar-refractivity contribution in [2.75, 3.05) is 25.0 Å². The van der Waals surface area contributed by atoms with Crippen LogP contribution in [-0.2, 0) is 0 Å². The molecule has 3 heteroatoms. The summed E-state index contributed by atoms with van der Waals surface area (Å²) in [6.45, 7) is 7.51. The molecule has 1 rings (SSSR count). The van der Waals surface area contributed by atoms with E-state index in [1.165, 1.54) is 5.56 Å². The Bertz CT molecular complexity index is 321. The van der Waals surface area contributed by atoms with Gasteiger partial charge in [0.25, 0.3) is 0 Å². The average molecular weight is 236 g/mol. The maximum absolute atomic E-state index is 9.88. The van der Waals surface area contributed by atoms with Crippen molar-refractivity contribution in [3.8, 4) is 0 Å². The smallest absolute Gasteiger partial charge is 0.0839 e. The topological polar surface area (TPSA) is 35.5 Å². The fraction of sp³-hybridized carbons (Fsp3) is 0.571. The molecule has 96 valence electrons. The van der Waals surface area contributed by atoms with Crippen LogP contribution >= 0.6 is 0 Å². The van der Waals surface area contributed by atoms with E-state index in [0.717, 1.165) is 5.69 Å². The number of aliphatic hydroxyl groups is 1. The van der Waals surface area contributed by atoms with Crippen LogP contribution in [0.25, 0.3) is 0 Å². The molecule has 0 aliphatic carbocycles. The van der Waals surface area contributed by atoms with Crippen LogP contribution in [0.5, 0.6) is 0 Å². The Kier molecular flexibility index (Phi) is 5.45. The number of hydrogen-bond acceptors (Lipinski definition) is 3. The molecule has 0 aromatic heterocycles. The molecule has 0 heterocycles. The highest BCUT2D eigenvalue weighted by Gasteiger charge is 2.09. The average Bonchev–Trinajstić information content (AvgIpc) is 2.27. The van der Waals surface area contributed by atoms with Gasteiger partial charge in [0, 0.05) is 31.9 Å². The zero-order valence-electron chi connectivity index (χ0n) is 11.3. The maximum Gasteiger partial charge on any atom is 0.0839 e. The molecular formula is C14H24N2O. The zero-order chi connectivity index (χ0) is 12.8. The van der Waals surface area contributed by atoms with Crippen molar-refractivity contribution in [2.45, 2.75) is 32.9 Å². The van der Waals surface area contributed by atoms with Gasteiger partial charge in [0.15, 0.2) is 0 Å². The van der Waals surface area contributed by atoms with Crippen LogP contribution in [0, 0.1) is 6.92 Å². The predicted octanol–water partition coefficient (Wildman–Crippen LogP) is 1.79. The second-order valence-corrected chi connectivity index (χ2v) is 4.93. The number of aliphatic hydroxyl groups excluding tert-OH is 1. The molecule has 1 aromatic carbocycles. The van der Waals surface area contributed by atoms with Crippen LogP contribution in [-0.4, -0.2) is 37.4 Å². The van der Waals surface area contributed by atoms with E-state index >= 15 is 0 Å². The lowest BCUT2D eigenvalue weighted by Gasteiger charge is -2.23. The molecule has 1 atom stereocenters. The number of likely N-dealkylation sites (N-methyl/N-ethyl adjacent to an activating group) is 1. The molecule has 1 aromatic rings. The molecule has 1 unspecified atom stereocenters. The van der Waals surface area contributed by atoms with Crippen molar-refractivity contribution in [1.82, 2.24) is 5.32 Å². The lowest BCUT2D eigenvalue weighted by molar-refractivity contribution is 0.175. The molecule has 2 N–H and O–H groups in total. The summed E-state index contributed by atoms with van der Waals surface area (Å²) < 4.78 is 0. The van der Waals surface area contributed by atoms with Crippen LogP contribution < -0.4 is 10.2 Å². The van der Waals surface area contributed by atoms with E-state index in [2.05, 4.69) is 55.3 Å². The lowest BCUT2D eigenvalue weighted by Crippen LogP contribution is -2.38. The van der Waals surface area contributed by atoms with E-state index in [4.69, 9.17) is 0 Å². The normalized spacial score (nSPS) is 12.8. The summed E-state index contributed by atoms with van der Waals surface area (Å²) in [5.41, 5.74) is 2.39.